The molecule has 3 rings (SSSR count). The lowest BCUT2D eigenvalue weighted by atomic mass is 10.2. The maximum atomic E-state index is 12.3. The number of nitrogens with zero attached hydrogens (tertiary/aromatic N) is 3. The number of amides is 2. The molecule has 0 spiro atoms. The monoisotopic (exact) mass is 484 g/mol. The number of aryl methyl sites for hydroxylation is 1. The molecule has 9 nitrogen and oxygen atoms in total. The van der Waals surface area contributed by atoms with Crippen molar-refractivity contribution in [1.29, 1.82) is 0 Å². The number of nitrogens with one attached hydrogen (secondary N) is 1. The number of anilines is 1. The molecule has 0 atom stereocenters. The largest absolute Gasteiger partial charge is 0.497 e. The molecule has 0 fully saturated rings. The minimum Gasteiger partial charge on any atom is -0.497 e. The fourth-order valence-corrected chi connectivity index (χ4v) is 3.26. The van der Waals surface area contributed by atoms with Gasteiger partial charge in [-0.2, -0.15) is 5.10 Å². The Balaban J connectivity index is 1.51. The average molecular weight is 485 g/mol. The van der Waals surface area contributed by atoms with Crippen LogP contribution in [-0.4, -0.2) is 59.8 Å². The number of likely N-dealkylation sites (N-methyl/N-ethyl adjacent to an activating group) is 1. The standard InChI is InChI=1S/C24H25ClN4O5/c1-15-23(25)16(2)29(27-15)19-10-8-17(9-11-19)24(32)34-14-22(31)28(3)13-21(30)26-18-6-5-7-20(12-18)33-4/h5-12H,13-14H2,1-4H3,(H,26,30). The summed E-state index contributed by atoms with van der Waals surface area (Å²) in [6.07, 6.45) is 0. The second kappa shape index (κ2) is 10.8. The highest BCUT2D eigenvalue weighted by Gasteiger charge is 2.17. The zero-order valence-corrected chi connectivity index (χ0v) is 20.0. The molecule has 0 unspecified atom stereocenters. The SMILES string of the molecule is COc1cccc(NC(=O)CN(C)C(=O)COC(=O)c2ccc(-n3nc(C)c(Cl)c3C)cc2)c1. The van der Waals surface area contributed by atoms with Crippen LogP contribution in [-0.2, 0) is 14.3 Å². The Morgan fingerprint density at radius 3 is 2.44 bits per heavy atom. The van der Waals surface area contributed by atoms with Crippen LogP contribution in [0.1, 0.15) is 21.7 Å². The van der Waals surface area contributed by atoms with Crippen molar-refractivity contribution in [3.8, 4) is 11.4 Å². The van der Waals surface area contributed by atoms with E-state index in [1.165, 1.54) is 19.1 Å². The minimum absolute atomic E-state index is 0.201. The molecule has 0 radical (unpaired) electrons. The number of aromatic nitrogens is 2. The van der Waals surface area contributed by atoms with Gasteiger partial charge in [0.05, 0.1) is 41.3 Å². The van der Waals surface area contributed by atoms with Gasteiger partial charge in [0.2, 0.25) is 5.91 Å². The second-order valence-corrected chi connectivity index (χ2v) is 7.93. The highest BCUT2D eigenvalue weighted by Crippen LogP contribution is 2.22. The van der Waals surface area contributed by atoms with Gasteiger partial charge in [-0.25, -0.2) is 9.48 Å². The summed E-state index contributed by atoms with van der Waals surface area (Å²) in [5, 5.41) is 7.64. The Hall–Kier alpha value is -3.85. The van der Waals surface area contributed by atoms with E-state index in [2.05, 4.69) is 10.4 Å². The van der Waals surface area contributed by atoms with Gasteiger partial charge in [0.15, 0.2) is 6.61 Å². The van der Waals surface area contributed by atoms with Gasteiger partial charge in [0.1, 0.15) is 5.75 Å². The molecule has 0 bridgehead atoms. The summed E-state index contributed by atoms with van der Waals surface area (Å²) < 4.78 is 11.9. The van der Waals surface area contributed by atoms with E-state index in [1.807, 2.05) is 13.8 Å². The van der Waals surface area contributed by atoms with Crippen LogP contribution in [0.2, 0.25) is 5.02 Å². The van der Waals surface area contributed by atoms with E-state index in [1.54, 1.807) is 53.2 Å². The molecular formula is C24H25ClN4O5. The molecule has 34 heavy (non-hydrogen) atoms. The highest BCUT2D eigenvalue weighted by molar-refractivity contribution is 6.31. The van der Waals surface area contributed by atoms with Crippen LogP contribution in [0.5, 0.6) is 5.75 Å². The Kier molecular flexibility index (Phi) is 7.91. The number of benzene rings is 2. The predicted molar refractivity (Wildman–Crippen MR) is 128 cm³/mol. The second-order valence-electron chi connectivity index (χ2n) is 7.55. The first kappa shape index (κ1) is 24.8. The number of hydrogen-bond acceptors (Lipinski definition) is 6. The van der Waals surface area contributed by atoms with Gasteiger partial charge in [-0.1, -0.05) is 17.7 Å². The number of carbonyl (C=O) groups is 3. The average Bonchev–Trinajstić information content (AvgIpc) is 3.09. The van der Waals surface area contributed by atoms with Crippen molar-refractivity contribution in [2.45, 2.75) is 13.8 Å². The summed E-state index contributed by atoms with van der Waals surface area (Å²) in [5.41, 5.74) is 3.06. The van der Waals surface area contributed by atoms with E-state index in [9.17, 15) is 14.4 Å². The third-order valence-electron chi connectivity index (χ3n) is 5.04. The maximum Gasteiger partial charge on any atom is 0.338 e. The van der Waals surface area contributed by atoms with Gasteiger partial charge in [0, 0.05) is 18.8 Å². The van der Waals surface area contributed by atoms with E-state index < -0.39 is 24.4 Å². The van der Waals surface area contributed by atoms with Crippen LogP contribution in [0.4, 0.5) is 5.69 Å². The third kappa shape index (κ3) is 5.93. The van der Waals surface area contributed by atoms with Crippen LogP contribution in [0.15, 0.2) is 48.5 Å². The molecule has 3 aromatic rings. The Morgan fingerprint density at radius 2 is 1.82 bits per heavy atom. The quantitative estimate of drug-likeness (QED) is 0.491. The molecule has 2 amide bonds. The van der Waals surface area contributed by atoms with Crippen molar-refractivity contribution >= 4 is 35.1 Å². The van der Waals surface area contributed by atoms with Crippen molar-refractivity contribution in [3.05, 3.63) is 70.5 Å². The summed E-state index contributed by atoms with van der Waals surface area (Å²) in [7, 11) is 2.98. The van der Waals surface area contributed by atoms with E-state index in [0.29, 0.717) is 22.2 Å². The zero-order chi connectivity index (χ0) is 24.8. The number of esters is 1. The molecule has 0 aliphatic carbocycles. The molecule has 0 aliphatic rings. The minimum atomic E-state index is -0.652. The summed E-state index contributed by atoms with van der Waals surface area (Å²) in [6, 6.07) is 13.4. The van der Waals surface area contributed by atoms with Crippen LogP contribution in [0, 0.1) is 13.8 Å². The van der Waals surface area contributed by atoms with Crippen molar-refractivity contribution in [2.24, 2.45) is 0 Å². The van der Waals surface area contributed by atoms with Crippen molar-refractivity contribution in [1.82, 2.24) is 14.7 Å². The maximum absolute atomic E-state index is 12.3. The number of ether oxygens (including phenoxy) is 2. The normalized spacial score (nSPS) is 10.5. The fourth-order valence-electron chi connectivity index (χ4n) is 3.14. The fraction of sp³-hybridized carbons (Fsp3) is 0.250. The molecule has 178 valence electrons. The Morgan fingerprint density at radius 1 is 1.12 bits per heavy atom. The Labute approximate surface area is 202 Å². The molecule has 1 N–H and O–H groups in total. The van der Waals surface area contributed by atoms with Crippen LogP contribution < -0.4 is 10.1 Å². The first-order chi connectivity index (χ1) is 16.2. The summed E-state index contributed by atoms with van der Waals surface area (Å²) in [6.45, 7) is 2.97. The van der Waals surface area contributed by atoms with Crippen LogP contribution >= 0.6 is 11.6 Å². The summed E-state index contributed by atoms with van der Waals surface area (Å²) >= 11 is 6.19. The molecule has 0 saturated heterocycles. The first-order valence-electron chi connectivity index (χ1n) is 10.4. The molecule has 1 aromatic heterocycles. The molecule has 0 aliphatic heterocycles. The van der Waals surface area contributed by atoms with Crippen molar-refractivity contribution in [3.63, 3.8) is 0 Å². The molecule has 1 heterocycles. The molecular weight excluding hydrogens is 460 g/mol. The lowest BCUT2D eigenvalue weighted by Gasteiger charge is -2.17. The zero-order valence-electron chi connectivity index (χ0n) is 19.3. The predicted octanol–water partition coefficient (Wildman–Crippen LogP) is 3.41. The van der Waals surface area contributed by atoms with Gasteiger partial charge in [-0.3, -0.25) is 9.59 Å². The van der Waals surface area contributed by atoms with Gasteiger partial charge in [-0.05, 0) is 50.2 Å². The Bertz CT molecular complexity index is 1210. The molecule has 2 aromatic carbocycles. The van der Waals surface area contributed by atoms with E-state index in [0.717, 1.165) is 11.4 Å². The van der Waals surface area contributed by atoms with Crippen LogP contribution in [0.25, 0.3) is 5.69 Å². The summed E-state index contributed by atoms with van der Waals surface area (Å²) in [4.78, 5) is 38.0. The van der Waals surface area contributed by atoms with E-state index in [4.69, 9.17) is 21.1 Å². The summed E-state index contributed by atoms with van der Waals surface area (Å²) in [5.74, 6) is -0.959. The van der Waals surface area contributed by atoms with Crippen molar-refractivity contribution in [2.75, 3.05) is 32.6 Å². The molecule has 10 heteroatoms. The number of methoxy groups -OCH3 is 1. The number of carbonyl (C=O) groups excluding carboxylic acids is 3. The number of hydrogen-bond donors (Lipinski definition) is 1. The van der Waals surface area contributed by atoms with E-state index >= 15 is 0 Å². The first-order valence-corrected chi connectivity index (χ1v) is 10.7. The van der Waals surface area contributed by atoms with Gasteiger partial charge in [-0.15, -0.1) is 0 Å². The van der Waals surface area contributed by atoms with Crippen molar-refractivity contribution < 1.29 is 23.9 Å². The smallest absolute Gasteiger partial charge is 0.338 e. The lowest BCUT2D eigenvalue weighted by Crippen LogP contribution is -2.37. The van der Waals surface area contributed by atoms with Gasteiger partial charge >= 0.3 is 5.97 Å². The number of rotatable bonds is 8. The topological polar surface area (TPSA) is 103 Å². The number of halogens is 1. The van der Waals surface area contributed by atoms with Gasteiger partial charge < -0.3 is 19.7 Å². The third-order valence-corrected chi connectivity index (χ3v) is 5.58. The molecule has 0 saturated carbocycles. The van der Waals surface area contributed by atoms with Gasteiger partial charge in [0.25, 0.3) is 5.91 Å². The van der Waals surface area contributed by atoms with Crippen LogP contribution in [0.3, 0.4) is 0 Å². The highest BCUT2D eigenvalue weighted by atomic mass is 35.5. The lowest BCUT2D eigenvalue weighted by molar-refractivity contribution is -0.136. The van der Waals surface area contributed by atoms with E-state index in [-0.39, 0.29) is 12.1 Å².